The van der Waals surface area contributed by atoms with E-state index in [9.17, 15) is 17.6 Å². The Morgan fingerprint density at radius 1 is 1.52 bits per heavy atom. The molecule has 1 aliphatic heterocycles. The SMILES string of the molecule is CNS(=O)(=O)C[C@H]1CCCN1C(=O)COc1ccc(Br)cc1F. The molecule has 1 aromatic rings. The second-order valence-corrected chi connectivity index (χ2v) is 8.12. The van der Waals surface area contributed by atoms with Crippen LogP contribution in [0.1, 0.15) is 12.8 Å². The molecule has 0 radical (unpaired) electrons. The summed E-state index contributed by atoms with van der Waals surface area (Å²) in [6.07, 6.45) is 1.36. The molecule has 128 valence electrons. The van der Waals surface area contributed by atoms with Gasteiger partial charge in [-0.15, -0.1) is 0 Å². The van der Waals surface area contributed by atoms with E-state index in [4.69, 9.17) is 4.74 Å². The number of nitrogens with zero attached hydrogens (tertiary/aromatic N) is 1. The molecular weight excluding hydrogens is 391 g/mol. The lowest BCUT2D eigenvalue weighted by atomic mass is 10.2. The fraction of sp³-hybridized carbons (Fsp3) is 0.500. The highest BCUT2D eigenvalue weighted by atomic mass is 79.9. The molecule has 9 heteroatoms. The van der Waals surface area contributed by atoms with Crippen LogP contribution >= 0.6 is 15.9 Å². The second-order valence-electron chi connectivity index (χ2n) is 5.23. The summed E-state index contributed by atoms with van der Waals surface area (Å²) in [4.78, 5) is 13.7. The van der Waals surface area contributed by atoms with E-state index in [1.165, 1.54) is 24.1 Å². The maximum atomic E-state index is 13.7. The number of halogens is 2. The van der Waals surface area contributed by atoms with Gasteiger partial charge in [-0.3, -0.25) is 4.79 Å². The number of benzene rings is 1. The van der Waals surface area contributed by atoms with Crippen molar-refractivity contribution in [1.29, 1.82) is 0 Å². The van der Waals surface area contributed by atoms with E-state index in [2.05, 4.69) is 20.7 Å². The lowest BCUT2D eigenvalue weighted by Gasteiger charge is -2.24. The molecule has 0 spiro atoms. The van der Waals surface area contributed by atoms with Crippen LogP contribution < -0.4 is 9.46 Å². The summed E-state index contributed by atoms with van der Waals surface area (Å²) in [6, 6.07) is 3.91. The van der Waals surface area contributed by atoms with E-state index < -0.39 is 15.8 Å². The van der Waals surface area contributed by atoms with Crippen LogP contribution in [-0.2, 0) is 14.8 Å². The minimum absolute atomic E-state index is 0.0138. The van der Waals surface area contributed by atoms with Crippen molar-refractivity contribution < 1.29 is 22.3 Å². The number of amides is 1. The number of carbonyl (C=O) groups is 1. The average molecular weight is 409 g/mol. The van der Waals surface area contributed by atoms with E-state index >= 15 is 0 Å². The van der Waals surface area contributed by atoms with Crippen LogP contribution in [0.15, 0.2) is 22.7 Å². The molecule has 1 fully saturated rings. The van der Waals surface area contributed by atoms with Crippen molar-refractivity contribution in [3.05, 3.63) is 28.5 Å². The molecule has 1 aromatic carbocycles. The van der Waals surface area contributed by atoms with Gasteiger partial charge in [-0.25, -0.2) is 17.5 Å². The lowest BCUT2D eigenvalue weighted by Crippen LogP contribution is -2.43. The predicted molar refractivity (Wildman–Crippen MR) is 87.2 cm³/mol. The summed E-state index contributed by atoms with van der Waals surface area (Å²) >= 11 is 3.14. The van der Waals surface area contributed by atoms with Crippen LogP contribution in [0.3, 0.4) is 0 Å². The number of hydrogen-bond acceptors (Lipinski definition) is 4. The molecule has 23 heavy (non-hydrogen) atoms. The molecule has 6 nitrogen and oxygen atoms in total. The zero-order chi connectivity index (χ0) is 17.0. The van der Waals surface area contributed by atoms with Gasteiger partial charge in [0.05, 0.1) is 5.75 Å². The van der Waals surface area contributed by atoms with E-state index in [1.54, 1.807) is 6.07 Å². The third-order valence-electron chi connectivity index (χ3n) is 3.67. The van der Waals surface area contributed by atoms with Gasteiger partial charge in [0.1, 0.15) is 0 Å². The smallest absolute Gasteiger partial charge is 0.260 e. The highest BCUT2D eigenvalue weighted by molar-refractivity contribution is 9.10. The molecule has 0 saturated carbocycles. The first-order chi connectivity index (χ1) is 10.8. The summed E-state index contributed by atoms with van der Waals surface area (Å²) < 4.78 is 45.0. The molecule has 1 atom stereocenters. The van der Waals surface area contributed by atoms with Crippen molar-refractivity contribution in [3.8, 4) is 5.75 Å². The monoisotopic (exact) mass is 408 g/mol. The molecule has 1 N–H and O–H groups in total. The number of carbonyl (C=O) groups excluding carboxylic acids is 1. The Hall–Kier alpha value is -1.19. The van der Waals surface area contributed by atoms with Crippen molar-refractivity contribution >= 4 is 31.9 Å². The van der Waals surface area contributed by atoms with Crippen LogP contribution in [0.5, 0.6) is 5.75 Å². The van der Waals surface area contributed by atoms with Gasteiger partial charge in [0.15, 0.2) is 18.2 Å². The quantitative estimate of drug-likeness (QED) is 0.773. The zero-order valence-corrected chi connectivity index (χ0v) is 15.0. The van der Waals surface area contributed by atoms with E-state index in [-0.39, 0.29) is 30.1 Å². The largest absolute Gasteiger partial charge is 0.481 e. The molecular formula is C14H18BrFN2O4S. The van der Waals surface area contributed by atoms with Gasteiger partial charge in [-0.2, -0.15) is 0 Å². The molecule has 2 rings (SSSR count). The third kappa shape index (κ3) is 4.89. The third-order valence-corrected chi connectivity index (χ3v) is 5.60. The fourth-order valence-corrected chi connectivity index (χ4v) is 3.84. The van der Waals surface area contributed by atoms with Crippen LogP contribution in [0.4, 0.5) is 4.39 Å². The summed E-state index contributed by atoms with van der Waals surface area (Å²) in [5, 5.41) is 0. The predicted octanol–water partition coefficient (Wildman–Crippen LogP) is 1.51. The Morgan fingerprint density at radius 3 is 2.91 bits per heavy atom. The molecule has 0 aliphatic carbocycles. The van der Waals surface area contributed by atoms with Crippen molar-refractivity contribution in [1.82, 2.24) is 9.62 Å². The highest BCUT2D eigenvalue weighted by Crippen LogP contribution is 2.22. The normalized spacial score (nSPS) is 18.2. The Morgan fingerprint density at radius 2 is 2.26 bits per heavy atom. The van der Waals surface area contributed by atoms with Gasteiger partial charge in [0, 0.05) is 17.1 Å². The van der Waals surface area contributed by atoms with Gasteiger partial charge in [0.2, 0.25) is 10.0 Å². The summed E-state index contributed by atoms with van der Waals surface area (Å²) in [5.41, 5.74) is 0. The number of sulfonamides is 1. The summed E-state index contributed by atoms with van der Waals surface area (Å²) in [5.74, 6) is -1.06. The highest BCUT2D eigenvalue weighted by Gasteiger charge is 2.32. The van der Waals surface area contributed by atoms with Crippen molar-refractivity contribution in [2.75, 3.05) is 26.0 Å². The second kappa shape index (κ2) is 7.59. The average Bonchev–Trinajstić information content (AvgIpc) is 2.93. The minimum atomic E-state index is -3.40. The first-order valence-electron chi connectivity index (χ1n) is 7.11. The first-order valence-corrected chi connectivity index (χ1v) is 9.55. The summed E-state index contributed by atoms with van der Waals surface area (Å²) in [6.45, 7) is 0.156. The van der Waals surface area contributed by atoms with Gasteiger partial charge < -0.3 is 9.64 Å². The van der Waals surface area contributed by atoms with Gasteiger partial charge in [-0.1, -0.05) is 15.9 Å². The number of ether oxygens (including phenoxy) is 1. The van der Waals surface area contributed by atoms with Crippen LogP contribution in [0, 0.1) is 5.82 Å². The maximum Gasteiger partial charge on any atom is 0.260 e. The molecule has 1 saturated heterocycles. The molecule has 1 aliphatic rings. The van der Waals surface area contributed by atoms with E-state index in [0.717, 1.165) is 6.42 Å². The first kappa shape index (κ1) is 18.2. The lowest BCUT2D eigenvalue weighted by molar-refractivity contribution is -0.133. The van der Waals surface area contributed by atoms with Gasteiger partial charge >= 0.3 is 0 Å². The Balaban J connectivity index is 1.96. The number of nitrogens with one attached hydrogen (secondary N) is 1. The summed E-state index contributed by atoms with van der Waals surface area (Å²) in [7, 11) is -2.05. The fourth-order valence-electron chi connectivity index (χ4n) is 2.49. The minimum Gasteiger partial charge on any atom is -0.481 e. The molecule has 1 heterocycles. The molecule has 0 bridgehead atoms. The van der Waals surface area contributed by atoms with Crippen molar-refractivity contribution in [3.63, 3.8) is 0 Å². The standard InChI is InChI=1S/C14H18BrFN2O4S/c1-17-23(20,21)9-11-3-2-6-18(11)14(19)8-22-13-5-4-10(15)7-12(13)16/h4-5,7,11,17H,2-3,6,8-9H2,1H3/t11-/m1/s1. The van der Waals surface area contributed by atoms with E-state index in [1.807, 2.05) is 0 Å². The van der Waals surface area contributed by atoms with Crippen LogP contribution in [0.25, 0.3) is 0 Å². The molecule has 0 unspecified atom stereocenters. The van der Waals surface area contributed by atoms with Crippen LogP contribution in [0.2, 0.25) is 0 Å². The zero-order valence-electron chi connectivity index (χ0n) is 12.6. The van der Waals surface area contributed by atoms with Crippen LogP contribution in [-0.4, -0.2) is 51.2 Å². The Kier molecular flexibility index (Phi) is 5.99. The van der Waals surface area contributed by atoms with Gasteiger partial charge in [-0.05, 0) is 38.1 Å². The maximum absolute atomic E-state index is 13.7. The van der Waals surface area contributed by atoms with Crippen molar-refractivity contribution in [2.24, 2.45) is 0 Å². The van der Waals surface area contributed by atoms with Gasteiger partial charge in [0.25, 0.3) is 5.91 Å². The molecule has 1 amide bonds. The Bertz CT molecular complexity index is 683. The van der Waals surface area contributed by atoms with Crippen molar-refractivity contribution in [2.45, 2.75) is 18.9 Å². The Labute approximate surface area is 143 Å². The molecule has 0 aromatic heterocycles. The topological polar surface area (TPSA) is 75.7 Å². The number of likely N-dealkylation sites (tertiary alicyclic amines) is 1. The number of rotatable bonds is 6. The van der Waals surface area contributed by atoms with E-state index in [0.29, 0.717) is 17.4 Å². The number of hydrogen-bond donors (Lipinski definition) is 1.